The molecule has 3 aromatic rings. The lowest BCUT2D eigenvalue weighted by Gasteiger charge is -2.35. The number of fused-ring (bicyclic) bond motifs is 1. The number of carbonyl (C=O) groups excluding carboxylic acids is 1. The van der Waals surface area contributed by atoms with Crippen LogP contribution in [-0.4, -0.2) is 41.2 Å². The zero-order chi connectivity index (χ0) is 28.5. The van der Waals surface area contributed by atoms with Crippen molar-refractivity contribution < 1.29 is 27.4 Å². The smallest absolute Gasteiger partial charge is 0.264 e. The van der Waals surface area contributed by atoms with E-state index in [2.05, 4.69) is 19.2 Å². The highest BCUT2D eigenvalue weighted by Gasteiger charge is 2.38. The number of benzene rings is 3. The molecule has 1 heterocycles. The van der Waals surface area contributed by atoms with Crippen molar-refractivity contribution >= 4 is 33.2 Å². The monoisotopic (exact) mass is 572 g/mol. The van der Waals surface area contributed by atoms with Crippen LogP contribution < -0.4 is 23.8 Å². The summed E-state index contributed by atoms with van der Waals surface area (Å²) in [6.07, 6.45) is -1.09. The number of anilines is 1. The molecule has 0 fully saturated rings. The first kappa shape index (κ1) is 28.6. The van der Waals surface area contributed by atoms with E-state index in [0.29, 0.717) is 10.8 Å². The van der Waals surface area contributed by atoms with Crippen LogP contribution in [0.3, 0.4) is 0 Å². The molecular formula is C29H33ClN2O6S. The summed E-state index contributed by atoms with van der Waals surface area (Å²) in [6, 6.07) is 14.4. The molecule has 1 N–H and O–H groups in total. The van der Waals surface area contributed by atoms with E-state index in [1.807, 2.05) is 26.0 Å². The van der Waals surface area contributed by atoms with Gasteiger partial charge in [0.05, 0.1) is 37.4 Å². The number of carbonyl (C=O) groups is 1. The highest BCUT2D eigenvalue weighted by molar-refractivity contribution is 7.92. The summed E-state index contributed by atoms with van der Waals surface area (Å²) in [5.74, 6) is 1.37. The normalized spacial score (nSPS) is 15.8. The average Bonchev–Trinajstić information content (AvgIpc) is 2.91. The summed E-state index contributed by atoms with van der Waals surface area (Å²) in [6.45, 7) is 7.79. The second-order valence-electron chi connectivity index (χ2n) is 9.77. The number of nitrogens with zero attached hydrogens (tertiary/aromatic N) is 1. The van der Waals surface area contributed by atoms with Gasteiger partial charge in [-0.05, 0) is 91.1 Å². The van der Waals surface area contributed by atoms with E-state index in [-0.39, 0.29) is 34.8 Å². The SMILES string of the molecule is COc1ccc(S(=O)(=O)N2CC(C(=O)NC(C)c3cc(C(C)C)c(OC)cc3C)Oc3ccc(Cl)cc32)cc1. The van der Waals surface area contributed by atoms with E-state index >= 15 is 0 Å². The van der Waals surface area contributed by atoms with E-state index in [4.69, 9.17) is 25.8 Å². The van der Waals surface area contributed by atoms with E-state index < -0.39 is 22.0 Å². The Morgan fingerprint density at radius 3 is 2.33 bits per heavy atom. The maximum Gasteiger partial charge on any atom is 0.264 e. The Kier molecular flexibility index (Phi) is 8.32. The van der Waals surface area contributed by atoms with E-state index in [1.165, 1.54) is 29.6 Å². The lowest BCUT2D eigenvalue weighted by atomic mass is 9.93. The quantitative estimate of drug-likeness (QED) is 0.376. The molecule has 208 valence electrons. The third kappa shape index (κ3) is 5.79. The summed E-state index contributed by atoms with van der Waals surface area (Å²) in [5.41, 5.74) is 3.22. The van der Waals surface area contributed by atoms with Gasteiger partial charge in [0, 0.05) is 5.02 Å². The number of ether oxygens (including phenoxy) is 3. The highest BCUT2D eigenvalue weighted by atomic mass is 35.5. The Hall–Kier alpha value is -3.43. The first-order chi connectivity index (χ1) is 18.5. The molecule has 0 radical (unpaired) electrons. The lowest BCUT2D eigenvalue weighted by molar-refractivity contribution is -0.128. The van der Waals surface area contributed by atoms with Crippen LogP contribution in [0.25, 0.3) is 0 Å². The van der Waals surface area contributed by atoms with Gasteiger partial charge >= 0.3 is 0 Å². The van der Waals surface area contributed by atoms with Crippen LogP contribution in [0.1, 0.15) is 49.4 Å². The first-order valence-electron chi connectivity index (χ1n) is 12.6. The Balaban J connectivity index is 1.64. The maximum atomic E-state index is 13.7. The summed E-state index contributed by atoms with van der Waals surface area (Å²) < 4.78 is 45.3. The molecule has 10 heteroatoms. The standard InChI is InChI=1S/C29H33ClN2O6S/c1-17(2)23-15-24(18(3)13-27(23)37-6)19(4)31-29(33)28-16-32(25-14-20(30)7-12-26(25)38-28)39(34,35)22-10-8-21(36-5)9-11-22/h7-15,17,19,28H,16H2,1-6H3,(H,31,33). The Morgan fingerprint density at radius 1 is 1.03 bits per heavy atom. The van der Waals surface area contributed by atoms with Crippen LogP contribution in [0.15, 0.2) is 59.5 Å². The van der Waals surface area contributed by atoms with Crippen molar-refractivity contribution in [3.8, 4) is 17.2 Å². The molecule has 0 bridgehead atoms. The molecule has 0 saturated heterocycles. The maximum absolute atomic E-state index is 13.7. The Morgan fingerprint density at radius 2 is 1.72 bits per heavy atom. The van der Waals surface area contributed by atoms with Gasteiger partial charge in [-0.25, -0.2) is 8.42 Å². The largest absolute Gasteiger partial charge is 0.497 e. The van der Waals surface area contributed by atoms with Crippen LogP contribution >= 0.6 is 11.6 Å². The van der Waals surface area contributed by atoms with Gasteiger partial charge in [-0.2, -0.15) is 0 Å². The first-order valence-corrected chi connectivity index (χ1v) is 14.4. The number of hydrogen-bond acceptors (Lipinski definition) is 6. The number of halogens is 1. The van der Waals surface area contributed by atoms with Gasteiger partial charge < -0.3 is 19.5 Å². The number of aryl methyl sites for hydroxylation is 1. The summed E-state index contributed by atoms with van der Waals surface area (Å²) >= 11 is 6.20. The molecule has 39 heavy (non-hydrogen) atoms. The van der Waals surface area contributed by atoms with Crippen molar-refractivity contribution in [2.24, 2.45) is 0 Å². The molecule has 8 nitrogen and oxygen atoms in total. The third-order valence-electron chi connectivity index (χ3n) is 6.80. The van der Waals surface area contributed by atoms with Crippen LogP contribution in [0.5, 0.6) is 17.2 Å². The molecule has 0 aromatic heterocycles. The summed E-state index contributed by atoms with van der Waals surface area (Å²) in [4.78, 5) is 13.5. The average molecular weight is 573 g/mol. The van der Waals surface area contributed by atoms with Crippen LogP contribution in [-0.2, 0) is 14.8 Å². The highest BCUT2D eigenvalue weighted by Crippen LogP contribution is 2.39. The zero-order valence-electron chi connectivity index (χ0n) is 22.8. The molecular weight excluding hydrogens is 540 g/mol. The number of amides is 1. The molecule has 3 aromatic carbocycles. The number of methoxy groups -OCH3 is 2. The minimum Gasteiger partial charge on any atom is -0.497 e. The number of nitrogens with one attached hydrogen (secondary N) is 1. The third-order valence-corrected chi connectivity index (χ3v) is 8.83. The van der Waals surface area contributed by atoms with Gasteiger partial charge in [0.25, 0.3) is 15.9 Å². The van der Waals surface area contributed by atoms with Crippen LogP contribution in [0, 0.1) is 6.92 Å². The fourth-order valence-electron chi connectivity index (χ4n) is 4.66. The molecule has 0 spiro atoms. The minimum atomic E-state index is -4.05. The predicted octanol–water partition coefficient (Wildman–Crippen LogP) is 5.62. The number of hydrogen-bond donors (Lipinski definition) is 1. The molecule has 1 amide bonds. The van der Waals surface area contributed by atoms with Gasteiger partial charge in [0.15, 0.2) is 6.10 Å². The van der Waals surface area contributed by atoms with Crippen LogP contribution in [0.2, 0.25) is 5.02 Å². The fourth-order valence-corrected chi connectivity index (χ4v) is 6.29. The topological polar surface area (TPSA) is 94.2 Å². The predicted molar refractivity (Wildman–Crippen MR) is 152 cm³/mol. The molecule has 2 atom stereocenters. The van der Waals surface area contributed by atoms with Crippen molar-refractivity contribution in [1.82, 2.24) is 5.32 Å². The number of rotatable bonds is 8. The van der Waals surface area contributed by atoms with Crippen molar-refractivity contribution in [2.75, 3.05) is 25.1 Å². The van der Waals surface area contributed by atoms with Crippen molar-refractivity contribution in [3.63, 3.8) is 0 Å². The summed E-state index contributed by atoms with van der Waals surface area (Å²) in [7, 11) is -0.902. The van der Waals surface area contributed by atoms with Gasteiger partial charge in [-0.1, -0.05) is 25.4 Å². The number of sulfonamides is 1. The molecule has 2 unspecified atom stereocenters. The molecule has 0 aliphatic carbocycles. The van der Waals surface area contributed by atoms with Crippen LogP contribution in [0.4, 0.5) is 5.69 Å². The molecule has 1 aliphatic rings. The Bertz CT molecular complexity index is 1470. The van der Waals surface area contributed by atoms with Gasteiger partial charge in [-0.3, -0.25) is 9.10 Å². The lowest BCUT2D eigenvalue weighted by Crippen LogP contribution is -2.51. The molecule has 0 saturated carbocycles. The van der Waals surface area contributed by atoms with Crippen molar-refractivity contribution in [1.29, 1.82) is 0 Å². The van der Waals surface area contributed by atoms with Crippen molar-refractivity contribution in [2.45, 2.75) is 50.7 Å². The zero-order valence-corrected chi connectivity index (χ0v) is 24.4. The van der Waals surface area contributed by atoms with Gasteiger partial charge in [-0.15, -0.1) is 0 Å². The van der Waals surface area contributed by atoms with Gasteiger partial charge in [0.2, 0.25) is 0 Å². The molecule has 1 aliphatic heterocycles. The van der Waals surface area contributed by atoms with Gasteiger partial charge in [0.1, 0.15) is 17.2 Å². The minimum absolute atomic E-state index is 0.0544. The Labute approximate surface area is 234 Å². The van der Waals surface area contributed by atoms with E-state index in [1.54, 1.807) is 31.4 Å². The van der Waals surface area contributed by atoms with E-state index in [0.717, 1.165) is 22.4 Å². The second kappa shape index (κ2) is 11.4. The van der Waals surface area contributed by atoms with E-state index in [9.17, 15) is 13.2 Å². The molecule has 4 rings (SSSR count). The second-order valence-corrected chi connectivity index (χ2v) is 12.1. The summed E-state index contributed by atoms with van der Waals surface area (Å²) in [5, 5.41) is 3.36. The fraction of sp³-hybridized carbons (Fsp3) is 0.345. The van der Waals surface area contributed by atoms with Crippen molar-refractivity contribution in [3.05, 3.63) is 76.3 Å².